The number of carbonyl (C=O) groups excluding carboxylic acids is 1. The van der Waals surface area contributed by atoms with Crippen molar-refractivity contribution in [1.82, 2.24) is 10.2 Å². The van der Waals surface area contributed by atoms with Crippen molar-refractivity contribution in [3.8, 4) is 0 Å². The number of nitrogens with two attached hydrogens (primary N) is 1. The Morgan fingerprint density at radius 2 is 1.82 bits per heavy atom. The van der Waals surface area contributed by atoms with Crippen LogP contribution in [0.5, 0.6) is 0 Å². The standard InChI is InChI=1S/C20H26ClN3O3S/c1-4-24(5-2)19(16-8-6-7-9-18(16)21)13-23-20(25)17-12-15(28(22,26)27)11-10-14(17)3/h6-12,19H,4-5,13H2,1-3H3,(H,23,25)(H2,22,26,27)/t19-/m0/s1. The van der Waals surface area contributed by atoms with Gasteiger partial charge in [-0.15, -0.1) is 0 Å². The number of halogens is 1. The van der Waals surface area contributed by atoms with Crippen molar-refractivity contribution in [2.45, 2.75) is 31.7 Å². The van der Waals surface area contributed by atoms with Gasteiger partial charge in [-0.1, -0.05) is 49.7 Å². The van der Waals surface area contributed by atoms with E-state index in [0.29, 0.717) is 17.1 Å². The van der Waals surface area contributed by atoms with Gasteiger partial charge in [-0.3, -0.25) is 9.69 Å². The SMILES string of the molecule is CCN(CC)[C@@H](CNC(=O)c1cc(S(N)(=O)=O)ccc1C)c1ccccc1Cl. The molecule has 0 radical (unpaired) electrons. The fraction of sp³-hybridized carbons (Fsp3) is 0.350. The number of amides is 1. The summed E-state index contributed by atoms with van der Waals surface area (Å²) >= 11 is 6.39. The van der Waals surface area contributed by atoms with Crippen LogP contribution in [0.25, 0.3) is 0 Å². The molecular formula is C20H26ClN3O3S. The van der Waals surface area contributed by atoms with Gasteiger partial charge in [0, 0.05) is 17.1 Å². The second kappa shape index (κ2) is 9.52. The number of primary sulfonamides is 1. The third-order valence-corrected chi connectivity index (χ3v) is 6.01. The maximum atomic E-state index is 12.8. The van der Waals surface area contributed by atoms with Gasteiger partial charge >= 0.3 is 0 Å². The molecule has 2 aromatic rings. The van der Waals surface area contributed by atoms with Crippen LogP contribution >= 0.6 is 11.6 Å². The molecule has 0 bridgehead atoms. The minimum atomic E-state index is -3.88. The number of hydrogen-bond donors (Lipinski definition) is 2. The zero-order valence-corrected chi connectivity index (χ0v) is 17.8. The van der Waals surface area contributed by atoms with Crippen LogP contribution in [-0.4, -0.2) is 38.9 Å². The molecule has 0 aliphatic carbocycles. The van der Waals surface area contributed by atoms with Gasteiger partial charge < -0.3 is 5.32 Å². The third kappa shape index (κ3) is 5.32. The van der Waals surface area contributed by atoms with Gasteiger partial charge in [-0.25, -0.2) is 13.6 Å². The lowest BCUT2D eigenvalue weighted by atomic mass is 10.0. The van der Waals surface area contributed by atoms with E-state index in [-0.39, 0.29) is 22.4 Å². The average Bonchev–Trinajstić information content (AvgIpc) is 2.65. The first kappa shape index (κ1) is 22.4. The Balaban J connectivity index is 2.28. The van der Waals surface area contributed by atoms with E-state index in [2.05, 4.69) is 24.1 Å². The minimum Gasteiger partial charge on any atom is -0.350 e. The van der Waals surface area contributed by atoms with Crippen LogP contribution < -0.4 is 10.5 Å². The number of carbonyl (C=O) groups is 1. The van der Waals surface area contributed by atoms with Gasteiger partial charge in [0.1, 0.15) is 0 Å². The highest BCUT2D eigenvalue weighted by atomic mass is 35.5. The van der Waals surface area contributed by atoms with Crippen molar-refractivity contribution in [2.24, 2.45) is 5.14 Å². The Hall–Kier alpha value is -1.93. The molecule has 8 heteroatoms. The minimum absolute atomic E-state index is 0.0883. The number of nitrogens with one attached hydrogen (secondary N) is 1. The van der Waals surface area contributed by atoms with Crippen molar-refractivity contribution in [2.75, 3.05) is 19.6 Å². The van der Waals surface area contributed by atoms with Gasteiger partial charge in [0.2, 0.25) is 10.0 Å². The summed E-state index contributed by atoms with van der Waals surface area (Å²) in [6.07, 6.45) is 0. The van der Waals surface area contributed by atoms with Gasteiger partial charge in [0.15, 0.2) is 0 Å². The summed E-state index contributed by atoms with van der Waals surface area (Å²) in [7, 11) is -3.88. The molecule has 0 saturated carbocycles. The molecule has 0 saturated heterocycles. The Morgan fingerprint density at radius 3 is 2.39 bits per heavy atom. The second-order valence-electron chi connectivity index (χ2n) is 6.49. The lowest BCUT2D eigenvalue weighted by Crippen LogP contribution is -2.38. The monoisotopic (exact) mass is 423 g/mol. The predicted octanol–water partition coefficient (Wildman–Crippen LogP) is 3.11. The molecule has 0 unspecified atom stereocenters. The largest absolute Gasteiger partial charge is 0.350 e. The van der Waals surface area contributed by atoms with Crippen LogP contribution in [-0.2, 0) is 10.0 Å². The van der Waals surface area contributed by atoms with Gasteiger partial charge in [0.05, 0.1) is 10.9 Å². The molecule has 0 heterocycles. The molecule has 1 atom stereocenters. The average molecular weight is 424 g/mol. The first-order valence-electron chi connectivity index (χ1n) is 9.09. The van der Waals surface area contributed by atoms with E-state index in [1.165, 1.54) is 12.1 Å². The number of rotatable bonds is 8. The molecule has 2 aromatic carbocycles. The van der Waals surface area contributed by atoms with Gasteiger partial charge in [-0.2, -0.15) is 0 Å². The van der Waals surface area contributed by atoms with Crippen molar-refractivity contribution in [3.05, 3.63) is 64.2 Å². The second-order valence-corrected chi connectivity index (χ2v) is 8.46. The van der Waals surface area contributed by atoms with E-state index in [1.807, 2.05) is 24.3 Å². The molecule has 0 spiro atoms. The third-order valence-electron chi connectivity index (χ3n) is 4.76. The molecule has 28 heavy (non-hydrogen) atoms. The Labute approximate surface area is 171 Å². The normalized spacial score (nSPS) is 12.8. The summed E-state index contributed by atoms with van der Waals surface area (Å²) in [5.41, 5.74) is 1.88. The number of hydrogen-bond acceptors (Lipinski definition) is 4. The van der Waals surface area contributed by atoms with Crippen molar-refractivity contribution < 1.29 is 13.2 Å². The number of likely N-dealkylation sites (N-methyl/N-ethyl adjacent to an activating group) is 1. The lowest BCUT2D eigenvalue weighted by molar-refractivity contribution is 0.0934. The maximum Gasteiger partial charge on any atom is 0.251 e. The van der Waals surface area contributed by atoms with E-state index in [4.69, 9.17) is 16.7 Å². The summed E-state index contributed by atoms with van der Waals surface area (Å²) in [5, 5.41) is 8.74. The van der Waals surface area contributed by atoms with E-state index >= 15 is 0 Å². The molecule has 152 valence electrons. The predicted molar refractivity (Wildman–Crippen MR) is 112 cm³/mol. The molecule has 1 amide bonds. The van der Waals surface area contributed by atoms with E-state index in [0.717, 1.165) is 18.7 Å². The number of sulfonamides is 1. The summed E-state index contributed by atoms with van der Waals surface area (Å²) in [4.78, 5) is 14.9. The van der Waals surface area contributed by atoms with Gasteiger partial charge in [0.25, 0.3) is 5.91 Å². The van der Waals surface area contributed by atoms with Crippen molar-refractivity contribution >= 4 is 27.5 Å². The summed E-state index contributed by atoms with van der Waals surface area (Å²) in [6.45, 7) is 7.77. The van der Waals surface area contributed by atoms with Crippen LogP contribution in [0.15, 0.2) is 47.4 Å². The zero-order valence-electron chi connectivity index (χ0n) is 16.3. The Bertz CT molecular complexity index is 943. The first-order chi connectivity index (χ1) is 13.2. The van der Waals surface area contributed by atoms with Crippen LogP contribution in [0.4, 0.5) is 0 Å². The van der Waals surface area contributed by atoms with E-state index in [9.17, 15) is 13.2 Å². The zero-order chi connectivity index (χ0) is 20.9. The molecule has 0 aromatic heterocycles. The topological polar surface area (TPSA) is 92.5 Å². The summed E-state index contributed by atoms with van der Waals surface area (Å²) in [6, 6.07) is 11.7. The lowest BCUT2D eigenvalue weighted by Gasteiger charge is -2.31. The number of benzene rings is 2. The fourth-order valence-corrected chi connectivity index (χ4v) is 3.95. The number of aryl methyl sites for hydroxylation is 1. The molecule has 0 aliphatic heterocycles. The van der Waals surface area contributed by atoms with Crippen LogP contribution in [0.2, 0.25) is 5.02 Å². The Kier molecular flexibility index (Phi) is 7.60. The molecule has 0 aliphatic rings. The molecular weight excluding hydrogens is 398 g/mol. The molecule has 0 fully saturated rings. The quantitative estimate of drug-likeness (QED) is 0.682. The molecule has 3 N–H and O–H groups in total. The van der Waals surface area contributed by atoms with Gasteiger partial charge in [-0.05, 0) is 49.3 Å². The van der Waals surface area contributed by atoms with Crippen LogP contribution in [0.3, 0.4) is 0 Å². The summed E-state index contributed by atoms with van der Waals surface area (Å²) in [5.74, 6) is -0.354. The van der Waals surface area contributed by atoms with E-state index in [1.54, 1.807) is 13.0 Å². The van der Waals surface area contributed by atoms with Crippen LogP contribution in [0, 0.1) is 6.92 Å². The smallest absolute Gasteiger partial charge is 0.251 e. The Morgan fingerprint density at radius 1 is 1.18 bits per heavy atom. The highest BCUT2D eigenvalue weighted by Crippen LogP contribution is 2.27. The van der Waals surface area contributed by atoms with Crippen LogP contribution in [0.1, 0.15) is 41.4 Å². The first-order valence-corrected chi connectivity index (χ1v) is 11.0. The highest BCUT2D eigenvalue weighted by molar-refractivity contribution is 7.89. The fourth-order valence-electron chi connectivity index (χ4n) is 3.15. The maximum absolute atomic E-state index is 12.8. The van der Waals surface area contributed by atoms with E-state index < -0.39 is 10.0 Å². The highest BCUT2D eigenvalue weighted by Gasteiger charge is 2.22. The number of nitrogens with zero attached hydrogens (tertiary/aromatic N) is 1. The molecule has 2 rings (SSSR count). The molecule has 6 nitrogen and oxygen atoms in total. The van der Waals surface area contributed by atoms with Crippen molar-refractivity contribution in [1.29, 1.82) is 0 Å². The summed E-state index contributed by atoms with van der Waals surface area (Å²) < 4.78 is 23.2. The van der Waals surface area contributed by atoms with Crippen molar-refractivity contribution in [3.63, 3.8) is 0 Å².